The fourth-order valence-corrected chi connectivity index (χ4v) is 1.96. The van der Waals surface area contributed by atoms with Gasteiger partial charge in [0.1, 0.15) is 6.29 Å². The highest BCUT2D eigenvalue weighted by molar-refractivity contribution is 5.53. The minimum Gasteiger partial charge on any atom is -0.303 e. The number of unbranched alkanes of at least 4 members (excludes halogenated alkanes) is 6. The Morgan fingerprint density at radius 3 is 2.18 bits per heavy atom. The molecule has 1 nitrogen and oxygen atoms in total. The van der Waals surface area contributed by atoms with E-state index in [4.69, 9.17) is 0 Å². The van der Waals surface area contributed by atoms with Crippen molar-refractivity contribution in [3.8, 4) is 0 Å². The third-order valence-electron chi connectivity index (χ3n) is 3.31. The summed E-state index contributed by atoms with van der Waals surface area (Å²) in [5.74, 6) is 0.272. The Bertz CT molecular complexity index is 184. The first-order valence-electron chi connectivity index (χ1n) is 7.45. The van der Waals surface area contributed by atoms with E-state index in [0.717, 1.165) is 25.5 Å². The fourth-order valence-electron chi connectivity index (χ4n) is 1.96. The normalized spacial score (nSPS) is 13.1. The Morgan fingerprint density at radius 1 is 0.882 bits per heavy atom. The average Bonchev–Trinajstić information content (AvgIpc) is 2.36. The zero-order valence-corrected chi connectivity index (χ0v) is 11.8. The molecule has 0 heterocycles. The number of carbonyl (C=O) groups is 1. The summed E-state index contributed by atoms with van der Waals surface area (Å²) < 4.78 is 0. The molecule has 1 heteroatoms. The van der Waals surface area contributed by atoms with Crippen LogP contribution in [-0.4, -0.2) is 6.29 Å². The summed E-state index contributed by atoms with van der Waals surface area (Å²) in [7, 11) is 0. The summed E-state index contributed by atoms with van der Waals surface area (Å²) in [6, 6.07) is 0. The molecule has 1 unspecified atom stereocenters. The predicted octanol–water partition coefficient (Wildman–Crippen LogP) is 5.30. The van der Waals surface area contributed by atoms with Crippen LogP contribution in [-0.2, 0) is 4.79 Å². The molecule has 100 valence electrons. The van der Waals surface area contributed by atoms with Gasteiger partial charge in [-0.1, -0.05) is 58.1 Å². The number of allylic oxidation sites excluding steroid dienone is 2. The molecule has 0 aromatic carbocycles. The summed E-state index contributed by atoms with van der Waals surface area (Å²) in [6.07, 6.45) is 18.1. The highest BCUT2D eigenvalue weighted by atomic mass is 16.1. The SMILES string of the molecule is CCCCCCCCC=CCCC(C=O)CC. The molecule has 0 aliphatic carbocycles. The van der Waals surface area contributed by atoms with Crippen molar-refractivity contribution in [2.45, 2.75) is 78.1 Å². The van der Waals surface area contributed by atoms with Crippen molar-refractivity contribution in [2.75, 3.05) is 0 Å². The average molecular weight is 238 g/mol. The monoisotopic (exact) mass is 238 g/mol. The van der Waals surface area contributed by atoms with E-state index in [2.05, 4.69) is 26.0 Å². The van der Waals surface area contributed by atoms with E-state index in [1.807, 2.05) is 0 Å². The standard InChI is InChI=1S/C16H30O/c1-3-5-6-7-8-9-10-11-12-13-14-16(4-2)15-17/h11-12,15-16H,3-10,13-14H2,1-2H3. The van der Waals surface area contributed by atoms with Gasteiger partial charge in [-0.15, -0.1) is 0 Å². The Balaban J connectivity index is 3.22. The van der Waals surface area contributed by atoms with Gasteiger partial charge >= 0.3 is 0 Å². The van der Waals surface area contributed by atoms with Crippen LogP contribution in [0.15, 0.2) is 12.2 Å². The molecule has 0 aromatic rings. The minimum atomic E-state index is 0.272. The van der Waals surface area contributed by atoms with E-state index in [9.17, 15) is 4.79 Å². The molecule has 0 saturated heterocycles. The fraction of sp³-hybridized carbons (Fsp3) is 0.812. The Labute approximate surface area is 108 Å². The molecule has 0 saturated carbocycles. The van der Waals surface area contributed by atoms with Crippen molar-refractivity contribution in [3.05, 3.63) is 12.2 Å². The molecule has 0 amide bonds. The van der Waals surface area contributed by atoms with E-state index < -0.39 is 0 Å². The summed E-state index contributed by atoms with van der Waals surface area (Å²) >= 11 is 0. The van der Waals surface area contributed by atoms with Crippen molar-refractivity contribution >= 4 is 6.29 Å². The van der Waals surface area contributed by atoms with Gasteiger partial charge in [0.15, 0.2) is 0 Å². The first-order chi connectivity index (χ1) is 8.35. The van der Waals surface area contributed by atoms with Crippen LogP contribution < -0.4 is 0 Å². The summed E-state index contributed by atoms with van der Waals surface area (Å²) in [5, 5.41) is 0. The first-order valence-corrected chi connectivity index (χ1v) is 7.45. The lowest BCUT2D eigenvalue weighted by atomic mass is 10.0. The molecule has 0 N–H and O–H groups in total. The molecule has 0 aromatic heterocycles. The van der Waals surface area contributed by atoms with E-state index in [1.165, 1.54) is 44.9 Å². The molecule has 0 fully saturated rings. The van der Waals surface area contributed by atoms with Crippen molar-refractivity contribution in [1.82, 2.24) is 0 Å². The van der Waals surface area contributed by atoms with Crippen LogP contribution in [0.2, 0.25) is 0 Å². The highest BCUT2D eigenvalue weighted by Gasteiger charge is 2.01. The van der Waals surface area contributed by atoms with Gasteiger partial charge in [-0.05, 0) is 32.1 Å². The van der Waals surface area contributed by atoms with Gasteiger partial charge in [-0.3, -0.25) is 0 Å². The minimum absolute atomic E-state index is 0.272. The smallest absolute Gasteiger partial charge is 0.123 e. The van der Waals surface area contributed by atoms with Crippen LogP contribution in [0, 0.1) is 5.92 Å². The molecule has 0 aliphatic heterocycles. The lowest BCUT2D eigenvalue weighted by molar-refractivity contribution is -0.111. The van der Waals surface area contributed by atoms with E-state index >= 15 is 0 Å². The van der Waals surface area contributed by atoms with Gasteiger partial charge < -0.3 is 4.79 Å². The van der Waals surface area contributed by atoms with Gasteiger partial charge in [0.2, 0.25) is 0 Å². The van der Waals surface area contributed by atoms with Gasteiger partial charge in [-0.25, -0.2) is 0 Å². The molecule has 17 heavy (non-hydrogen) atoms. The Morgan fingerprint density at radius 2 is 1.53 bits per heavy atom. The third kappa shape index (κ3) is 11.7. The maximum atomic E-state index is 10.6. The van der Waals surface area contributed by atoms with E-state index in [0.29, 0.717) is 0 Å². The van der Waals surface area contributed by atoms with Crippen molar-refractivity contribution < 1.29 is 4.79 Å². The summed E-state index contributed by atoms with van der Waals surface area (Å²) in [4.78, 5) is 10.6. The Kier molecular flexibility index (Phi) is 13.0. The van der Waals surface area contributed by atoms with Crippen molar-refractivity contribution in [1.29, 1.82) is 0 Å². The van der Waals surface area contributed by atoms with Crippen LogP contribution in [0.4, 0.5) is 0 Å². The van der Waals surface area contributed by atoms with E-state index in [1.54, 1.807) is 0 Å². The highest BCUT2D eigenvalue weighted by Crippen LogP contribution is 2.10. The molecule has 0 bridgehead atoms. The molecular weight excluding hydrogens is 208 g/mol. The molecular formula is C16H30O. The maximum absolute atomic E-state index is 10.6. The second-order valence-corrected chi connectivity index (χ2v) is 4.91. The summed E-state index contributed by atoms with van der Waals surface area (Å²) in [6.45, 7) is 4.34. The van der Waals surface area contributed by atoms with Crippen molar-refractivity contribution in [3.63, 3.8) is 0 Å². The first kappa shape index (κ1) is 16.4. The van der Waals surface area contributed by atoms with Crippen LogP contribution in [0.25, 0.3) is 0 Å². The number of rotatable bonds is 12. The molecule has 0 aliphatic rings. The predicted molar refractivity (Wildman–Crippen MR) is 76.2 cm³/mol. The number of hydrogen-bond donors (Lipinski definition) is 0. The summed E-state index contributed by atoms with van der Waals surface area (Å²) in [5.41, 5.74) is 0. The number of carbonyl (C=O) groups excluding carboxylic acids is 1. The zero-order chi connectivity index (χ0) is 12.8. The zero-order valence-electron chi connectivity index (χ0n) is 11.8. The van der Waals surface area contributed by atoms with Gasteiger partial charge in [0, 0.05) is 5.92 Å². The quantitative estimate of drug-likeness (QED) is 0.256. The third-order valence-corrected chi connectivity index (χ3v) is 3.31. The molecule has 0 spiro atoms. The number of aldehydes is 1. The van der Waals surface area contributed by atoms with Crippen LogP contribution in [0.3, 0.4) is 0 Å². The lowest BCUT2D eigenvalue weighted by Gasteiger charge is -2.03. The molecule has 0 rings (SSSR count). The van der Waals surface area contributed by atoms with Gasteiger partial charge in [0.05, 0.1) is 0 Å². The number of hydrogen-bond acceptors (Lipinski definition) is 1. The molecule has 1 atom stereocenters. The van der Waals surface area contributed by atoms with Gasteiger partial charge in [-0.2, -0.15) is 0 Å². The topological polar surface area (TPSA) is 17.1 Å². The van der Waals surface area contributed by atoms with Crippen LogP contribution in [0.1, 0.15) is 78.1 Å². The van der Waals surface area contributed by atoms with Crippen LogP contribution in [0.5, 0.6) is 0 Å². The van der Waals surface area contributed by atoms with E-state index in [-0.39, 0.29) is 5.92 Å². The lowest BCUT2D eigenvalue weighted by Crippen LogP contribution is -1.98. The molecule has 0 radical (unpaired) electrons. The largest absolute Gasteiger partial charge is 0.303 e. The second kappa shape index (κ2) is 13.5. The van der Waals surface area contributed by atoms with Gasteiger partial charge in [0.25, 0.3) is 0 Å². The Hall–Kier alpha value is -0.590. The van der Waals surface area contributed by atoms with Crippen LogP contribution >= 0.6 is 0 Å². The van der Waals surface area contributed by atoms with Crippen molar-refractivity contribution in [2.24, 2.45) is 5.92 Å². The maximum Gasteiger partial charge on any atom is 0.123 e. The second-order valence-electron chi connectivity index (χ2n) is 4.91.